The summed E-state index contributed by atoms with van der Waals surface area (Å²) in [6.45, 7) is 0.178. The molecule has 5 heteroatoms. The quantitative estimate of drug-likeness (QED) is 0.650. The van der Waals surface area contributed by atoms with Gasteiger partial charge in [0.25, 0.3) is 0 Å². The number of amides is 1. The SMILES string of the molecule is COCC(CO)NC(=O)C1(c2ccc(N)cc2)CC1. The Kier molecular flexibility index (Phi) is 4.07. The maximum absolute atomic E-state index is 12.3. The number of hydrogen-bond donors (Lipinski definition) is 3. The summed E-state index contributed by atoms with van der Waals surface area (Å²) in [5.74, 6) is -0.0478. The first-order valence-corrected chi connectivity index (χ1v) is 6.39. The van der Waals surface area contributed by atoms with Gasteiger partial charge in [0.05, 0.1) is 24.7 Å². The smallest absolute Gasteiger partial charge is 0.231 e. The molecule has 0 aliphatic heterocycles. The van der Waals surface area contributed by atoms with Crippen LogP contribution >= 0.6 is 0 Å². The van der Waals surface area contributed by atoms with E-state index in [-0.39, 0.29) is 18.6 Å². The summed E-state index contributed by atoms with van der Waals surface area (Å²) in [6, 6.07) is 7.05. The van der Waals surface area contributed by atoms with Crippen LogP contribution in [-0.2, 0) is 14.9 Å². The summed E-state index contributed by atoms with van der Waals surface area (Å²) in [4.78, 5) is 12.3. The zero-order valence-electron chi connectivity index (χ0n) is 11.1. The molecule has 1 aromatic rings. The molecule has 0 aromatic heterocycles. The van der Waals surface area contributed by atoms with Crippen molar-refractivity contribution in [2.45, 2.75) is 24.3 Å². The van der Waals surface area contributed by atoms with Gasteiger partial charge in [0, 0.05) is 12.8 Å². The first kappa shape index (κ1) is 13.8. The van der Waals surface area contributed by atoms with E-state index in [1.165, 1.54) is 0 Å². The number of nitrogen functional groups attached to an aromatic ring is 1. The van der Waals surface area contributed by atoms with E-state index < -0.39 is 5.41 Å². The summed E-state index contributed by atoms with van der Waals surface area (Å²) in [5, 5.41) is 12.0. The number of rotatable bonds is 6. The molecular formula is C14H20N2O3. The standard InChI is InChI=1S/C14H20N2O3/c1-19-9-12(8-17)16-13(18)14(6-7-14)10-2-4-11(15)5-3-10/h2-5,12,17H,6-9,15H2,1H3,(H,16,18). The second kappa shape index (κ2) is 5.59. The van der Waals surface area contributed by atoms with Gasteiger partial charge in [-0.05, 0) is 30.5 Å². The Labute approximate surface area is 112 Å². The van der Waals surface area contributed by atoms with E-state index in [0.717, 1.165) is 18.4 Å². The molecule has 4 N–H and O–H groups in total. The van der Waals surface area contributed by atoms with Gasteiger partial charge in [-0.3, -0.25) is 4.79 Å². The topological polar surface area (TPSA) is 84.6 Å². The van der Waals surface area contributed by atoms with Gasteiger partial charge >= 0.3 is 0 Å². The third-order valence-corrected chi connectivity index (χ3v) is 3.57. The summed E-state index contributed by atoms with van der Waals surface area (Å²) >= 11 is 0. The van der Waals surface area contributed by atoms with Crippen LogP contribution in [-0.4, -0.2) is 37.4 Å². The molecule has 5 nitrogen and oxygen atoms in total. The highest BCUT2D eigenvalue weighted by Gasteiger charge is 2.51. The third kappa shape index (κ3) is 2.88. The van der Waals surface area contributed by atoms with Crippen LogP contribution in [0.2, 0.25) is 0 Å². The average Bonchev–Trinajstić information content (AvgIpc) is 3.20. The number of nitrogens with two attached hydrogens (primary N) is 1. The zero-order chi connectivity index (χ0) is 13.9. The van der Waals surface area contributed by atoms with Crippen LogP contribution in [0.5, 0.6) is 0 Å². The maximum atomic E-state index is 12.3. The van der Waals surface area contributed by atoms with Gasteiger partial charge in [-0.1, -0.05) is 12.1 Å². The molecule has 1 aliphatic rings. The summed E-state index contributed by atoms with van der Waals surface area (Å²) < 4.78 is 4.96. The summed E-state index contributed by atoms with van der Waals surface area (Å²) in [7, 11) is 1.54. The van der Waals surface area contributed by atoms with E-state index in [0.29, 0.717) is 12.3 Å². The van der Waals surface area contributed by atoms with Crippen LogP contribution < -0.4 is 11.1 Å². The Hall–Kier alpha value is -1.59. The molecule has 1 amide bonds. The highest BCUT2D eigenvalue weighted by Crippen LogP contribution is 2.48. The Bertz CT molecular complexity index is 441. The predicted octanol–water partition coefficient (Wildman–Crippen LogP) is 0.424. The van der Waals surface area contributed by atoms with Crippen molar-refractivity contribution in [1.29, 1.82) is 0 Å². The minimum atomic E-state index is -0.450. The van der Waals surface area contributed by atoms with Crippen molar-refractivity contribution in [2.75, 3.05) is 26.1 Å². The monoisotopic (exact) mass is 264 g/mol. The lowest BCUT2D eigenvalue weighted by atomic mass is 9.94. The van der Waals surface area contributed by atoms with Gasteiger partial charge in [0.15, 0.2) is 0 Å². The fourth-order valence-corrected chi connectivity index (χ4v) is 2.24. The molecule has 1 aliphatic carbocycles. The average molecular weight is 264 g/mol. The van der Waals surface area contributed by atoms with E-state index in [1.54, 1.807) is 19.2 Å². The fourth-order valence-electron chi connectivity index (χ4n) is 2.24. The first-order chi connectivity index (χ1) is 9.12. The van der Waals surface area contributed by atoms with Crippen LogP contribution in [0.15, 0.2) is 24.3 Å². The van der Waals surface area contributed by atoms with E-state index in [2.05, 4.69) is 5.32 Å². The minimum Gasteiger partial charge on any atom is -0.399 e. The molecule has 0 saturated heterocycles. The number of benzene rings is 1. The predicted molar refractivity (Wildman–Crippen MR) is 72.7 cm³/mol. The highest BCUT2D eigenvalue weighted by atomic mass is 16.5. The molecule has 1 fully saturated rings. The Morgan fingerprint density at radius 2 is 2.11 bits per heavy atom. The Morgan fingerprint density at radius 1 is 1.47 bits per heavy atom. The molecule has 1 aromatic carbocycles. The minimum absolute atomic E-state index is 0.0478. The van der Waals surface area contributed by atoms with E-state index in [4.69, 9.17) is 10.5 Å². The van der Waals surface area contributed by atoms with E-state index >= 15 is 0 Å². The molecule has 0 heterocycles. The number of nitrogens with one attached hydrogen (secondary N) is 1. The van der Waals surface area contributed by atoms with Crippen molar-refractivity contribution in [3.8, 4) is 0 Å². The first-order valence-electron chi connectivity index (χ1n) is 6.39. The molecule has 0 radical (unpaired) electrons. The molecule has 1 unspecified atom stereocenters. The van der Waals surface area contributed by atoms with Gasteiger partial charge in [0.2, 0.25) is 5.91 Å². The largest absolute Gasteiger partial charge is 0.399 e. The van der Waals surface area contributed by atoms with Crippen molar-refractivity contribution >= 4 is 11.6 Å². The summed E-state index contributed by atoms with van der Waals surface area (Å²) in [5.41, 5.74) is 6.88. The highest BCUT2D eigenvalue weighted by molar-refractivity contribution is 5.91. The van der Waals surface area contributed by atoms with Crippen LogP contribution in [0.3, 0.4) is 0 Å². The molecule has 2 rings (SSSR count). The second-order valence-electron chi connectivity index (χ2n) is 5.01. The normalized spacial score (nSPS) is 17.8. The van der Waals surface area contributed by atoms with Crippen molar-refractivity contribution < 1.29 is 14.6 Å². The lowest BCUT2D eigenvalue weighted by Crippen LogP contribution is -2.45. The molecule has 0 bridgehead atoms. The zero-order valence-corrected chi connectivity index (χ0v) is 11.1. The number of aliphatic hydroxyl groups excluding tert-OH is 1. The molecular weight excluding hydrogens is 244 g/mol. The third-order valence-electron chi connectivity index (χ3n) is 3.57. The number of carbonyl (C=O) groups is 1. The van der Waals surface area contributed by atoms with E-state index in [9.17, 15) is 9.90 Å². The van der Waals surface area contributed by atoms with Gasteiger partial charge in [-0.25, -0.2) is 0 Å². The molecule has 1 saturated carbocycles. The van der Waals surface area contributed by atoms with Gasteiger partial charge < -0.3 is 20.9 Å². The number of hydrogen-bond acceptors (Lipinski definition) is 4. The number of ether oxygens (including phenoxy) is 1. The van der Waals surface area contributed by atoms with Crippen LogP contribution in [0.1, 0.15) is 18.4 Å². The van der Waals surface area contributed by atoms with Crippen LogP contribution in [0.4, 0.5) is 5.69 Å². The van der Waals surface area contributed by atoms with E-state index in [1.807, 2.05) is 12.1 Å². The lowest BCUT2D eigenvalue weighted by molar-refractivity contribution is -0.125. The van der Waals surface area contributed by atoms with Crippen molar-refractivity contribution in [3.05, 3.63) is 29.8 Å². The molecule has 19 heavy (non-hydrogen) atoms. The number of methoxy groups -OCH3 is 1. The lowest BCUT2D eigenvalue weighted by Gasteiger charge is -2.21. The van der Waals surface area contributed by atoms with Gasteiger partial charge in [0.1, 0.15) is 0 Å². The van der Waals surface area contributed by atoms with Crippen molar-refractivity contribution in [2.24, 2.45) is 0 Å². The Morgan fingerprint density at radius 3 is 2.58 bits per heavy atom. The second-order valence-corrected chi connectivity index (χ2v) is 5.01. The maximum Gasteiger partial charge on any atom is 0.231 e. The van der Waals surface area contributed by atoms with Gasteiger partial charge in [-0.15, -0.1) is 0 Å². The van der Waals surface area contributed by atoms with Crippen molar-refractivity contribution in [3.63, 3.8) is 0 Å². The number of carbonyl (C=O) groups excluding carboxylic acids is 1. The fraction of sp³-hybridized carbons (Fsp3) is 0.500. The molecule has 1 atom stereocenters. The van der Waals surface area contributed by atoms with Crippen LogP contribution in [0, 0.1) is 0 Å². The van der Waals surface area contributed by atoms with Gasteiger partial charge in [-0.2, -0.15) is 0 Å². The van der Waals surface area contributed by atoms with Crippen LogP contribution in [0.25, 0.3) is 0 Å². The number of anilines is 1. The summed E-state index contributed by atoms with van der Waals surface area (Å²) in [6.07, 6.45) is 1.65. The molecule has 104 valence electrons. The Balaban J connectivity index is 2.07. The molecule has 0 spiro atoms. The number of aliphatic hydroxyl groups is 1. The van der Waals surface area contributed by atoms with Crippen molar-refractivity contribution in [1.82, 2.24) is 5.32 Å².